The zero-order chi connectivity index (χ0) is 13.8. The molecule has 1 aromatic heterocycles. The highest BCUT2D eigenvalue weighted by atomic mass is 32.1. The third kappa shape index (κ3) is 3.11. The molecular formula is C15H23FN2S. The van der Waals surface area contributed by atoms with Gasteiger partial charge in [0.1, 0.15) is 6.17 Å². The van der Waals surface area contributed by atoms with Gasteiger partial charge in [-0.05, 0) is 37.7 Å². The largest absolute Gasteiger partial charge is 0.382 e. The molecule has 0 radical (unpaired) electrons. The summed E-state index contributed by atoms with van der Waals surface area (Å²) in [7, 11) is 1.94. The normalized spacial score (nSPS) is 15.7. The summed E-state index contributed by atoms with van der Waals surface area (Å²) in [6, 6.07) is 0. The first-order valence-electron chi connectivity index (χ1n) is 7.06. The summed E-state index contributed by atoms with van der Waals surface area (Å²) < 4.78 is 13.3. The van der Waals surface area contributed by atoms with Gasteiger partial charge in [-0.3, -0.25) is 0 Å². The molecule has 1 aromatic rings. The van der Waals surface area contributed by atoms with Crippen LogP contribution in [0, 0.1) is 0 Å². The molecule has 1 unspecified atom stereocenters. The van der Waals surface area contributed by atoms with E-state index >= 15 is 0 Å². The molecule has 0 fully saturated rings. The molecule has 0 aliphatic heterocycles. The Morgan fingerprint density at radius 3 is 2.84 bits per heavy atom. The molecule has 2 N–H and O–H groups in total. The molecule has 1 aliphatic carbocycles. The number of rotatable bonds is 6. The Bertz CT molecular complexity index is 453. The fraction of sp³-hybridized carbons (Fsp3) is 0.600. The van der Waals surface area contributed by atoms with Crippen molar-refractivity contribution in [2.24, 2.45) is 0 Å². The minimum atomic E-state index is -0.802. The van der Waals surface area contributed by atoms with E-state index in [1.165, 1.54) is 35.3 Å². The highest BCUT2D eigenvalue weighted by Crippen LogP contribution is 2.40. The first-order valence-corrected chi connectivity index (χ1v) is 7.88. The molecule has 2 rings (SSSR count). The van der Waals surface area contributed by atoms with Crippen LogP contribution >= 0.6 is 11.3 Å². The summed E-state index contributed by atoms with van der Waals surface area (Å²) in [5, 5.41) is 7.58. The second-order valence-electron chi connectivity index (χ2n) is 5.03. The Labute approximate surface area is 119 Å². The van der Waals surface area contributed by atoms with E-state index in [0.717, 1.165) is 17.1 Å². The molecule has 2 nitrogen and oxygen atoms in total. The molecule has 0 spiro atoms. The van der Waals surface area contributed by atoms with Crippen LogP contribution in [0.25, 0.3) is 5.70 Å². The Kier molecular flexibility index (Phi) is 4.86. The van der Waals surface area contributed by atoms with Crippen LogP contribution in [0.15, 0.2) is 6.58 Å². The van der Waals surface area contributed by atoms with Gasteiger partial charge in [0.2, 0.25) is 0 Å². The van der Waals surface area contributed by atoms with E-state index < -0.39 is 6.17 Å². The van der Waals surface area contributed by atoms with Gasteiger partial charge in [0.15, 0.2) is 0 Å². The van der Waals surface area contributed by atoms with Crippen molar-refractivity contribution in [3.63, 3.8) is 0 Å². The fourth-order valence-electron chi connectivity index (χ4n) is 2.53. The van der Waals surface area contributed by atoms with E-state index in [1.54, 1.807) is 0 Å². The maximum absolute atomic E-state index is 13.3. The van der Waals surface area contributed by atoms with Crippen molar-refractivity contribution < 1.29 is 4.39 Å². The van der Waals surface area contributed by atoms with E-state index in [9.17, 15) is 4.39 Å². The van der Waals surface area contributed by atoms with Crippen LogP contribution in [0.5, 0.6) is 0 Å². The van der Waals surface area contributed by atoms with Crippen LogP contribution in [0.3, 0.4) is 0 Å². The highest BCUT2D eigenvalue weighted by Gasteiger charge is 2.22. The average molecular weight is 282 g/mol. The van der Waals surface area contributed by atoms with Gasteiger partial charge in [-0.15, -0.1) is 11.3 Å². The third-order valence-electron chi connectivity index (χ3n) is 3.68. The fourth-order valence-corrected chi connectivity index (χ4v) is 3.80. The third-order valence-corrected chi connectivity index (χ3v) is 4.99. The summed E-state index contributed by atoms with van der Waals surface area (Å²) in [5.74, 6) is 0. The lowest BCUT2D eigenvalue weighted by atomic mass is 9.94. The van der Waals surface area contributed by atoms with Crippen LogP contribution in [0.4, 0.5) is 9.39 Å². The number of anilines is 1. The van der Waals surface area contributed by atoms with Crippen LogP contribution in [0.1, 0.15) is 42.2 Å². The Morgan fingerprint density at radius 2 is 2.16 bits per heavy atom. The lowest BCUT2D eigenvalue weighted by Gasteiger charge is -2.16. The van der Waals surface area contributed by atoms with E-state index in [1.807, 2.05) is 25.3 Å². The minimum Gasteiger partial charge on any atom is -0.382 e. The molecule has 1 aliphatic rings. The van der Waals surface area contributed by atoms with Gasteiger partial charge in [-0.1, -0.05) is 13.5 Å². The standard InChI is InChI=1S/C15H23FN2S/c1-4-11(16)9-18-10(2)14-12-7-5-6-8-13(12)19-15(14)17-3/h11,17-18H,2,4-9H2,1,3H3. The zero-order valence-electron chi connectivity index (χ0n) is 11.8. The molecule has 1 atom stereocenters. The Morgan fingerprint density at radius 1 is 1.42 bits per heavy atom. The molecule has 4 heteroatoms. The van der Waals surface area contributed by atoms with Gasteiger partial charge in [0.05, 0.1) is 5.00 Å². The highest BCUT2D eigenvalue weighted by molar-refractivity contribution is 7.16. The number of aryl methyl sites for hydroxylation is 1. The summed E-state index contributed by atoms with van der Waals surface area (Å²) in [6.07, 6.45) is 4.55. The van der Waals surface area contributed by atoms with E-state index in [4.69, 9.17) is 0 Å². The average Bonchev–Trinajstić information content (AvgIpc) is 2.82. The van der Waals surface area contributed by atoms with E-state index in [-0.39, 0.29) is 0 Å². The van der Waals surface area contributed by atoms with E-state index in [2.05, 4.69) is 17.2 Å². The first-order chi connectivity index (χ1) is 9.17. The SMILES string of the molecule is C=C(NCC(F)CC)c1c(NC)sc2c1CCCC2. The van der Waals surface area contributed by atoms with Crippen molar-refractivity contribution in [1.29, 1.82) is 0 Å². The van der Waals surface area contributed by atoms with Gasteiger partial charge < -0.3 is 10.6 Å². The van der Waals surface area contributed by atoms with Crippen LogP contribution in [-0.4, -0.2) is 19.8 Å². The monoisotopic (exact) mass is 282 g/mol. The van der Waals surface area contributed by atoms with Gasteiger partial charge >= 0.3 is 0 Å². The molecule has 106 valence electrons. The molecule has 0 aromatic carbocycles. The van der Waals surface area contributed by atoms with Crippen molar-refractivity contribution in [2.45, 2.75) is 45.2 Å². The quantitative estimate of drug-likeness (QED) is 0.825. The van der Waals surface area contributed by atoms with Crippen LogP contribution in [0.2, 0.25) is 0 Å². The van der Waals surface area contributed by atoms with Gasteiger partial charge in [0, 0.05) is 29.7 Å². The van der Waals surface area contributed by atoms with Crippen molar-refractivity contribution in [2.75, 3.05) is 18.9 Å². The second kappa shape index (κ2) is 6.42. The summed E-state index contributed by atoms with van der Waals surface area (Å²) in [6.45, 7) is 6.32. The predicted octanol–water partition coefficient (Wildman–Crippen LogP) is 3.98. The second-order valence-corrected chi connectivity index (χ2v) is 6.14. The molecule has 0 bridgehead atoms. The number of hydrogen-bond acceptors (Lipinski definition) is 3. The lowest BCUT2D eigenvalue weighted by molar-refractivity contribution is 0.322. The molecule has 19 heavy (non-hydrogen) atoms. The number of fused-ring (bicyclic) bond motifs is 1. The minimum absolute atomic E-state index is 0.350. The molecule has 1 heterocycles. The Balaban J connectivity index is 2.18. The molecule has 0 saturated carbocycles. The molecule has 0 amide bonds. The number of nitrogens with one attached hydrogen (secondary N) is 2. The number of thiophene rings is 1. The summed E-state index contributed by atoms with van der Waals surface area (Å²) in [4.78, 5) is 1.47. The van der Waals surface area contributed by atoms with Gasteiger partial charge in [0.25, 0.3) is 0 Å². The topological polar surface area (TPSA) is 24.1 Å². The first kappa shape index (κ1) is 14.4. The Hall–Kier alpha value is -1.03. The number of alkyl halides is 1. The predicted molar refractivity (Wildman–Crippen MR) is 82.7 cm³/mol. The molecule has 0 saturated heterocycles. The van der Waals surface area contributed by atoms with Crippen molar-refractivity contribution >= 4 is 22.0 Å². The van der Waals surface area contributed by atoms with Crippen molar-refractivity contribution in [3.05, 3.63) is 22.6 Å². The van der Waals surface area contributed by atoms with Crippen molar-refractivity contribution in [3.8, 4) is 0 Å². The summed E-state index contributed by atoms with van der Waals surface area (Å²) >= 11 is 1.82. The van der Waals surface area contributed by atoms with Crippen LogP contribution < -0.4 is 10.6 Å². The van der Waals surface area contributed by atoms with Gasteiger partial charge in [-0.25, -0.2) is 4.39 Å². The van der Waals surface area contributed by atoms with E-state index in [0.29, 0.717) is 13.0 Å². The summed E-state index contributed by atoms with van der Waals surface area (Å²) in [5.41, 5.74) is 3.47. The van der Waals surface area contributed by atoms with Crippen molar-refractivity contribution in [1.82, 2.24) is 5.32 Å². The molecular weight excluding hydrogens is 259 g/mol. The van der Waals surface area contributed by atoms with Gasteiger partial charge in [-0.2, -0.15) is 0 Å². The maximum Gasteiger partial charge on any atom is 0.117 e. The number of hydrogen-bond donors (Lipinski definition) is 2. The lowest BCUT2D eigenvalue weighted by Crippen LogP contribution is -2.22. The maximum atomic E-state index is 13.3. The van der Waals surface area contributed by atoms with Crippen LogP contribution in [-0.2, 0) is 12.8 Å². The zero-order valence-corrected chi connectivity index (χ0v) is 12.6. The number of halogens is 1. The smallest absolute Gasteiger partial charge is 0.117 e.